The van der Waals surface area contributed by atoms with Crippen LogP contribution in [0.15, 0.2) is 30.0 Å². The molecule has 118 valence electrons. The van der Waals surface area contributed by atoms with Gasteiger partial charge in [0, 0.05) is 17.1 Å². The Hall–Kier alpha value is -2.65. The number of rotatable bonds is 5. The molecule has 0 saturated carbocycles. The van der Waals surface area contributed by atoms with E-state index in [9.17, 15) is 14.0 Å². The Morgan fingerprint density at radius 2 is 2.22 bits per heavy atom. The maximum absolute atomic E-state index is 13.5. The highest BCUT2D eigenvalue weighted by Crippen LogP contribution is 2.25. The summed E-state index contributed by atoms with van der Waals surface area (Å²) >= 11 is 5.33. The van der Waals surface area contributed by atoms with E-state index in [-0.39, 0.29) is 18.7 Å². The highest BCUT2D eigenvalue weighted by molar-refractivity contribution is 6.68. The molecule has 5 nitrogen and oxygen atoms in total. The van der Waals surface area contributed by atoms with Crippen LogP contribution in [0.5, 0.6) is 0 Å². The molecule has 0 unspecified atom stereocenters. The van der Waals surface area contributed by atoms with Crippen molar-refractivity contribution in [3.8, 4) is 6.07 Å². The number of halogens is 2. The van der Waals surface area contributed by atoms with Crippen molar-refractivity contribution in [1.82, 2.24) is 4.57 Å². The van der Waals surface area contributed by atoms with Crippen molar-refractivity contribution in [3.05, 3.63) is 41.3 Å². The second-order valence-corrected chi connectivity index (χ2v) is 4.97. The Kier molecular flexibility index (Phi) is 5.14. The Balaban J connectivity index is 2.57. The van der Waals surface area contributed by atoms with Crippen LogP contribution in [0, 0.1) is 17.1 Å². The van der Waals surface area contributed by atoms with Crippen molar-refractivity contribution in [2.24, 2.45) is 0 Å². The first-order chi connectivity index (χ1) is 11.0. The summed E-state index contributed by atoms with van der Waals surface area (Å²) in [6, 6.07) is 5.72. The van der Waals surface area contributed by atoms with Crippen LogP contribution in [0.4, 0.5) is 4.39 Å². The topological polar surface area (TPSA) is 72.1 Å². The number of aromatic nitrogens is 1. The van der Waals surface area contributed by atoms with Crippen LogP contribution in [0.2, 0.25) is 0 Å². The zero-order valence-electron chi connectivity index (χ0n) is 12.2. The predicted molar refractivity (Wildman–Crippen MR) is 83.0 cm³/mol. The second-order valence-electron chi connectivity index (χ2n) is 4.62. The third-order valence-corrected chi connectivity index (χ3v) is 3.32. The fraction of sp³-hybridized carbons (Fsp3) is 0.188. The van der Waals surface area contributed by atoms with Crippen LogP contribution >= 0.6 is 11.6 Å². The summed E-state index contributed by atoms with van der Waals surface area (Å²) in [5, 5.41) is 8.63. The molecule has 1 aromatic carbocycles. The van der Waals surface area contributed by atoms with Crippen LogP contribution in [0.25, 0.3) is 17.0 Å². The number of benzene rings is 1. The number of carbonyl (C=O) groups excluding carboxylic acids is 2. The molecule has 0 aliphatic carbocycles. The van der Waals surface area contributed by atoms with E-state index in [2.05, 4.69) is 0 Å². The van der Waals surface area contributed by atoms with Gasteiger partial charge in [-0.2, -0.15) is 5.26 Å². The van der Waals surface area contributed by atoms with Crippen molar-refractivity contribution in [1.29, 1.82) is 5.26 Å². The number of nitrogens with zero attached hydrogens (tertiary/aromatic N) is 2. The van der Waals surface area contributed by atoms with Gasteiger partial charge in [0.2, 0.25) is 0 Å². The van der Waals surface area contributed by atoms with E-state index in [0.29, 0.717) is 16.5 Å². The molecule has 0 radical (unpaired) electrons. The van der Waals surface area contributed by atoms with Crippen molar-refractivity contribution in [2.75, 3.05) is 6.61 Å². The smallest absolute Gasteiger partial charge is 0.325 e. The lowest BCUT2D eigenvalue weighted by Crippen LogP contribution is -2.12. The van der Waals surface area contributed by atoms with Gasteiger partial charge in [0.05, 0.1) is 12.1 Å². The maximum atomic E-state index is 13.5. The van der Waals surface area contributed by atoms with E-state index in [4.69, 9.17) is 21.6 Å². The highest BCUT2D eigenvalue weighted by Gasteiger charge is 2.13. The minimum atomic E-state index is -0.888. The molecule has 23 heavy (non-hydrogen) atoms. The SMILES string of the molecule is CCOC(=O)Cn1cc(/C=C(\C#N)C(=O)Cl)c2ccc(F)cc21. The lowest BCUT2D eigenvalue weighted by atomic mass is 10.1. The van der Waals surface area contributed by atoms with Gasteiger partial charge in [-0.25, -0.2) is 4.39 Å². The van der Waals surface area contributed by atoms with Crippen LogP contribution in [0.1, 0.15) is 12.5 Å². The third kappa shape index (κ3) is 3.76. The number of allylic oxidation sites excluding steroid dienone is 1. The average Bonchev–Trinajstić information content (AvgIpc) is 2.81. The summed E-state index contributed by atoms with van der Waals surface area (Å²) < 4.78 is 19.9. The number of hydrogen-bond donors (Lipinski definition) is 0. The van der Waals surface area contributed by atoms with Gasteiger partial charge in [0.15, 0.2) is 0 Å². The van der Waals surface area contributed by atoms with Crippen molar-refractivity contribution < 1.29 is 18.7 Å². The molecule has 0 fully saturated rings. The molecule has 1 aromatic heterocycles. The molecule has 2 rings (SSSR count). The fourth-order valence-electron chi connectivity index (χ4n) is 2.17. The Morgan fingerprint density at radius 1 is 1.48 bits per heavy atom. The fourth-order valence-corrected chi connectivity index (χ4v) is 2.27. The maximum Gasteiger partial charge on any atom is 0.325 e. The van der Waals surface area contributed by atoms with Gasteiger partial charge in [0.25, 0.3) is 5.24 Å². The number of fused-ring (bicyclic) bond motifs is 1. The number of ether oxygens (including phenoxy) is 1. The summed E-state index contributed by atoms with van der Waals surface area (Å²) in [6.07, 6.45) is 2.84. The summed E-state index contributed by atoms with van der Waals surface area (Å²) in [6.45, 7) is 1.81. The molecule has 7 heteroatoms. The van der Waals surface area contributed by atoms with Crippen LogP contribution in [0.3, 0.4) is 0 Å². The molecular formula is C16H12ClFN2O3. The van der Waals surface area contributed by atoms with Crippen molar-refractivity contribution >= 4 is 39.8 Å². The van der Waals surface area contributed by atoms with Gasteiger partial charge in [0.1, 0.15) is 24.0 Å². The zero-order valence-corrected chi connectivity index (χ0v) is 12.9. The number of hydrogen-bond acceptors (Lipinski definition) is 4. The quantitative estimate of drug-likeness (QED) is 0.365. The van der Waals surface area contributed by atoms with Gasteiger partial charge in [-0.1, -0.05) is 0 Å². The molecule has 0 aliphatic heterocycles. The predicted octanol–water partition coefficient (Wildman–Crippen LogP) is 3.02. The monoisotopic (exact) mass is 334 g/mol. The first-order valence-electron chi connectivity index (χ1n) is 6.72. The molecule has 0 N–H and O–H groups in total. The Morgan fingerprint density at radius 3 is 2.83 bits per heavy atom. The number of esters is 1. The van der Waals surface area contributed by atoms with E-state index in [1.807, 2.05) is 0 Å². The van der Waals surface area contributed by atoms with E-state index < -0.39 is 17.0 Å². The molecular weight excluding hydrogens is 323 g/mol. The lowest BCUT2D eigenvalue weighted by molar-refractivity contribution is -0.143. The average molecular weight is 335 g/mol. The zero-order chi connectivity index (χ0) is 17.0. The molecule has 0 saturated heterocycles. The Labute approximate surface area is 136 Å². The van der Waals surface area contributed by atoms with Gasteiger partial charge in [-0.15, -0.1) is 0 Å². The molecule has 1 heterocycles. The van der Waals surface area contributed by atoms with Gasteiger partial charge >= 0.3 is 5.97 Å². The molecule has 0 atom stereocenters. The molecule has 0 bridgehead atoms. The standard InChI is InChI=1S/C16H12ClFN2O3/c1-2-23-15(21)9-20-8-11(5-10(7-19)16(17)22)13-4-3-12(18)6-14(13)20/h3-6,8H,2,9H2,1H3/b10-5+. The minimum absolute atomic E-state index is 0.113. The second kappa shape index (κ2) is 7.07. The summed E-state index contributed by atoms with van der Waals surface area (Å²) in [7, 11) is 0. The van der Waals surface area contributed by atoms with E-state index >= 15 is 0 Å². The van der Waals surface area contributed by atoms with Crippen molar-refractivity contribution in [3.63, 3.8) is 0 Å². The van der Waals surface area contributed by atoms with Crippen LogP contribution in [-0.4, -0.2) is 22.4 Å². The normalized spacial score (nSPS) is 11.3. The molecule has 0 aliphatic rings. The van der Waals surface area contributed by atoms with Crippen LogP contribution in [-0.2, 0) is 20.9 Å². The summed E-state index contributed by atoms with van der Waals surface area (Å²) in [5.41, 5.74) is 0.685. The first-order valence-corrected chi connectivity index (χ1v) is 7.09. The van der Waals surface area contributed by atoms with Gasteiger partial charge in [-0.05, 0) is 42.8 Å². The minimum Gasteiger partial charge on any atom is -0.465 e. The molecule has 2 aromatic rings. The largest absolute Gasteiger partial charge is 0.465 e. The van der Waals surface area contributed by atoms with Gasteiger partial charge < -0.3 is 9.30 Å². The molecule has 0 spiro atoms. The molecule has 0 amide bonds. The van der Waals surface area contributed by atoms with Crippen LogP contribution < -0.4 is 0 Å². The van der Waals surface area contributed by atoms with E-state index in [0.717, 1.165) is 0 Å². The number of carbonyl (C=O) groups is 2. The highest BCUT2D eigenvalue weighted by atomic mass is 35.5. The summed E-state index contributed by atoms with van der Waals surface area (Å²) in [4.78, 5) is 22.8. The summed E-state index contributed by atoms with van der Waals surface area (Å²) in [5.74, 6) is -0.941. The van der Waals surface area contributed by atoms with Gasteiger partial charge in [-0.3, -0.25) is 9.59 Å². The first kappa shape index (κ1) is 16.7. The van der Waals surface area contributed by atoms with E-state index in [1.54, 1.807) is 13.0 Å². The Bertz CT molecular complexity index is 849. The number of nitriles is 1. The van der Waals surface area contributed by atoms with E-state index in [1.165, 1.54) is 35.0 Å². The van der Waals surface area contributed by atoms with Crippen molar-refractivity contribution in [2.45, 2.75) is 13.5 Å². The lowest BCUT2D eigenvalue weighted by Gasteiger charge is -2.04. The third-order valence-electron chi connectivity index (χ3n) is 3.11.